The minimum atomic E-state index is -0.812. The van der Waals surface area contributed by atoms with Crippen LogP contribution in [0.15, 0.2) is 48.5 Å². The average molecular weight is 392 g/mol. The standard InChI is InChI=1S/C24H28N2O3/c1-23(28)11-12-24(25-23)15-26(16-24)22(27)19-9-7-18(8-10-19)20-3-2-4-21(13-20)29-14-17-5-6-17/h2-4,7-10,13,17,25,28H,5-6,11-12,14-16H2,1H3. The summed E-state index contributed by atoms with van der Waals surface area (Å²) in [5, 5.41) is 13.4. The summed E-state index contributed by atoms with van der Waals surface area (Å²) in [5.41, 5.74) is 1.95. The molecule has 2 aliphatic heterocycles. The zero-order valence-corrected chi connectivity index (χ0v) is 16.9. The van der Waals surface area contributed by atoms with Gasteiger partial charge in [-0.1, -0.05) is 24.3 Å². The zero-order chi connectivity index (χ0) is 20.1. The SMILES string of the molecule is CC1(O)CCC2(CN(C(=O)c3ccc(-c4cccc(OCC5CC5)c4)cc3)C2)N1. The summed E-state index contributed by atoms with van der Waals surface area (Å²) < 4.78 is 5.88. The van der Waals surface area contributed by atoms with Crippen LogP contribution in [0, 0.1) is 5.92 Å². The number of rotatable bonds is 5. The molecule has 1 spiro atoms. The van der Waals surface area contributed by atoms with Crippen LogP contribution in [0.5, 0.6) is 5.75 Å². The van der Waals surface area contributed by atoms with Crippen molar-refractivity contribution in [2.75, 3.05) is 19.7 Å². The van der Waals surface area contributed by atoms with Crippen LogP contribution in [0.4, 0.5) is 0 Å². The highest BCUT2D eigenvalue weighted by atomic mass is 16.5. The fourth-order valence-corrected chi connectivity index (χ4v) is 4.50. The first kappa shape index (κ1) is 18.6. The van der Waals surface area contributed by atoms with E-state index in [0.717, 1.165) is 42.2 Å². The van der Waals surface area contributed by atoms with E-state index in [0.29, 0.717) is 18.7 Å². The van der Waals surface area contributed by atoms with E-state index in [4.69, 9.17) is 4.74 Å². The quantitative estimate of drug-likeness (QED) is 0.818. The Kier molecular flexibility index (Phi) is 4.41. The van der Waals surface area contributed by atoms with Crippen LogP contribution in [0.1, 0.15) is 43.0 Å². The van der Waals surface area contributed by atoms with Crippen molar-refractivity contribution in [3.05, 3.63) is 54.1 Å². The molecule has 2 heterocycles. The van der Waals surface area contributed by atoms with Crippen LogP contribution in [0.3, 0.4) is 0 Å². The van der Waals surface area contributed by atoms with Crippen LogP contribution in [0.2, 0.25) is 0 Å². The van der Waals surface area contributed by atoms with E-state index in [1.54, 1.807) is 6.92 Å². The van der Waals surface area contributed by atoms with Gasteiger partial charge < -0.3 is 14.7 Å². The maximum absolute atomic E-state index is 12.8. The van der Waals surface area contributed by atoms with Gasteiger partial charge in [0.2, 0.25) is 0 Å². The first-order chi connectivity index (χ1) is 13.9. The Balaban J connectivity index is 1.22. The molecule has 3 fully saturated rings. The first-order valence-corrected chi connectivity index (χ1v) is 10.6. The van der Waals surface area contributed by atoms with E-state index in [-0.39, 0.29) is 11.4 Å². The Bertz CT molecular complexity index is 912. The lowest BCUT2D eigenvalue weighted by molar-refractivity contribution is -0.00649. The van der Waals surface area contributed by atoms with E-state index in [9.17, 15) is 9.90 Å². The third-order valence-corrected chi connectivity index (χ3v) is 6.38. The molecule has 0 aromatic heterocycles. The van der Waals surface area contributed by atoms with Gasteiger partial charge in [0.05, 0.1) is 12.1 Å². The number of nitrogens with one attached hydrogen (secondary N) is 1. The third-order valence-electron chi connectivity index (χ3n) is 6.38. The summed E-state index contributed by atoms with van der Waals surface area (Å²) in [5.74, 6) is 1.69. The van der Waals surface area contributed by atoms with Crippen molar-refractivity contribution in [3.8, 4) is 16.9 Å². The van der Waals surface area contributed by atoms with Crippen molar-refractivity contribution < 1.29 is 14.6 Å². The molecule has 0 bridgehead atoms. The fraction of sp³-hybridized carbons (Fsp3) is 0.458. The summed E-state index contributed by atoms with van der Waals surface area (Å²) >= 11 is 0. The highest BCUT2D eigenvalue weighted by Gasteiger charge is 2.52. The lowest BCUT2D eigenvalue weighted by Crippen LogP contribution is -2.70. The number of benzene rings is 2. The average Bonchev–Trinajstić information content (AvgIpc) is 3.46. The molecule has 29 heavy (non-hydrogen) atoms. The molecule has 152 valence electrons. The summed E-state index contributed by atoms with van der Waals surface area (Å²) in [7, 11) is 0. The number of likely N-dealkylation sites (tertiary alicyclic amines) is 1. The Hall–Kier alpha value is -2.37. The van der Waals surface area contributed by atoms with E-state index < -0.39 is 5.72 Å². The minimum absolute atomic E-state index is 0.0528. The monoisotopic (exact) mass is 392 g/mol. The number of carbonyl (C=O) groups excluding carboxylic acids is 1. The minimum Gasteiger partial charge on any atom is -0.493 e. The number of ether oxygens (including phenoxy) is 1. The molecule has 2 saturated heterocycles. The third kappa shape index (κ3) is 3.89. The van der Waals surface area contributed by atoms with Gasteiger partial charge in [0.1, 0.15) is 11.5 Å². The predicted octanol–water partition coefficient (Wildman–Crippen LogP) is 3.43. The van der Waals surface area contributed by atoms with Gasteiger partial charge in [-0.15, -0.1) is 0 Å². The van der Waals surface area contributed by atoms with E-state index in [1.165, 1.54) is 12.8 Å². The lowest BCUT2D eigenvalue weighted by Gasteiger charge is -2.49. The van der Waals surface area contributed by atoms with Gasteiger partial charge in [-0.25, -0.2) is 0 Å². The number of carbonyl (C=O) groups is 1. The summed E-state index contributed by atoms with van der Waals surface area (Å²) in [6.45, 7) is 3.92. The maximum atomic E-state index is 12.8. The molecule has 2 aromatic rings. The molecular formula is C24H28N2O3. The van der Waals surface area contributed by atoms with Crippen molar-refractivity contribution in [2.45, 2.75) is 43.9 Å². The first-order valence-electron chi connectivity index (χ1n) is 10.6. The Labute approximate surface area is 171 Å². The van der Waals surface area contributed by atoms with Crippen LogP contribution in [0.25, 0.3) is 11.1 Å². The Morgan fingerprint density at radius 3 is 2.55 bits per heavy atom. The van der Waals surface area contributed by atoms with Gasteiger partial charge in [-0.2, -0.15) is 0 Å². The van der Waals surface area contributed by atoms with Crippen LogP contribution < -0.4 is 10.1 Å². The van der Waals surface area contributed by atoms with Gasteiger partial charge >= 0.3 is 0 Å². The molecule has 2 aromatic carbocycles. The van der Waals surface area contributed by atoms with Gasteiger partial charge in [-0.05, 0) is 73.9 Å². The molecule has 3 aliphatic rings. The molecule has 1 saturated carbocycles. The topological polar surface area (TPSA) is 61.8 Å². The smallest absolute Gasteiger partial charge is 0.253 e. The van der Waals surface area contributed by atoms with Crippen molar-refractivity contribution in [1.29, 1.82) is 0 Å². The second kappa shape index (κ2) is 6.85. The fourth-order valence-electron chi connectivity index (χ4n) is 4.50. The van der Waals surface area contributed by atoms with Gasteiger partial charge in [0.15, 0.2) is 0 Å². The number of nitrogens with zero attached hydrogens (tertiary/aromatic N) is 1. The number of hydrogen-bond donors (Lipinski definition) is 2. The van der Waals surface area contributed by atoms with Crippen molar-refractivity contribution >= 4 is 5.91 Å². The van der Waals surface area contributed by atoms with Crippen molar-refractivity contribution in [1.82, 2.24) is 10.2 Å². The molecular weight excluding hydrogens is 364 g/mol. The largest absolute Gasteiger partial charge is 0.493 e. The molecule has 1 unspecified atom stereocenters. The van der Waals surface area contributed by atoms with Crippen LogP contribution in [-0.2, 0) is 0 Å². The van der Waals surface area contributed by atoms with E-state index >= 15 is 0 Å². The summed E-state index contributed by atoms with van der Waals surface area (Å²) in [6.07, 6.45) is 4.19. The predicted molar refractivity (Wildman–Crippen MR) is 112 cm³/mol. The molecule has 1 atom stereocenters. The summed E-state index contributed by atoms with van der Waals surface area (Å²) in [4.78, 5) is 14.7. The van der Waals surface area contributed by atoms with Gasteiger partial charge in [0, 0.05) is 18.7 Å². The number of aliphatic hydroxyl groups is 1. The normalized spacial score (nSPS) is 25.1. The van der Waals surface area contributed by atoms with Crippen LogP contribution >= 0.6 is 0 Å². The van der Waals surface area contributed by atoms with Gasteiger partial charge in [-0.3, -0.25) is 10.1 Å². The second-order valence-electron chi connectivity index (χ2n) is 9.20. The molecule has 5 heteroatoms. The number of hydrogen-bond acceptors (Lipinski definition) is 4. The maximum Gasteiger partial charge on any atom is 0.253 e. The highest BCUT2D eigenvalue weighted by molar-refractivity contribution is 5.95. The summed E-state index contributed by atoms with van der Waals surface area (Å²) in [6, 6.07) is 15.9. The van der Waals surface area contributed by atoms with E-state index in [2.05, 4.69) is 17.4 Å². The zero-order valence-electron chi connectivity index (χ0n) is 16.9. The molecule has 5 rings (SSSR count). The molecule has 1 amide bonds. The molecule has 1 aliphatic carbocycles. The number of amides is 1. The van der Waals surface area contributed by atoms with Crippen LogP contribution in [-0.4, -0.2) is 46.9 Å². The Morgan fingerprint density at radius 1 is 1.14 bits per heavy atom. The molecule has 5 nitrogen and oxygen atoms in total. The highest BCUT2D eigenvalue weighted by Crippen LogP contribution is 2.37. The van der Waals surface area contributed by atoms with E-state index in [1.807, 2.05) is 41.3 Å². The van der Waals surface area contributed by atoms with Gasteiger partial charge in [0.25, 0.3) is 5.91 Å². The molecule has 0 radical (unpaired) electrons. The molecule has 2 N–H and O–H groups in total. The second-order valence-corrected chi connectivity index (χ2v) is 9.20. The lowest BCUT2D eigenvalue weighted by atomic mass is 9.87. The van der Waals surface area contributed by atoms with Crippen molar-refractivity contribution in [3.63, 3.8) is 0 Å². The van der Waals surface area contributed by atoms with Crippen molar-refractivity contribution in [2.24, 2.45) is 5.92 Å². The Morgan fingerprint density at radius 2 is 1.90 bits per heavy atom.